The van der Waals surface area contributed by atoms with E-state index in [4.69, 9.17) is 4.74 Å². The molecule has 102 valence electrons. The van der Waals surface area contributed by atoms with Gasteiger partial charge in [-0.05, 0) is 57.2 Å². The number of unbranched alkanes of at least 4 members (excludes halogenated alkanes) is 1. The molecule has 0 aromatic rings. The van der Waals surface area contributed by atoms with Crippen LogP contribution >= 0.6 is 11.8 Å². The van der Waals surface area contributed by atoms with Crippen molar-refractivity contribution in [2.75, 3.05) is 31.7 Å². The van der Waals surface area contributed by atoms with Gasteiger partial charge >= 0.3 is 0 Å². The van der Waals surface area contributed by atoms with Crippen molar-refractivity contribution in [1.82, 2.24) is 5.32 Å². The van der Waals surface area contributed by atoms with Gasteiger partial charge in [-0.1, -0.05) is 19.3 Å². The number of rotatable bonds is 10. The molecule has 0 amide bonds. The van der Waals surface area contributed by atoms with Gasteiger partial charge < -0.3 is 10.1 Å². The molecule has 1 saturated carbocycles. The lowest BCUT2D eigenvalue weighted by Gasteiger charge is -2.21. The number of ether oxygens (including phenoxy) is 1. The SMILES string of the molecule is CSCCCCNCCCOC1CCCCC1. The molecule has 0 bridgehead atoms. The standard InChI is InChI=1S/C14H29NOS/c1-17-13-6-5-10-15-11-7-12-16-14-8-3-2-4-9-14/h14-15H,2-13H2,1H3. The van der Waals surface area contributed by atoms with Crippen molar-refractivity contribution in [3.63, 3.8) is 0 Å². The van der Waals surface area contributed by atoms with Gasteiger partial charge in [0.05, 0.1) is 6.10 Å². The van der Waals surface area contributed by atoms with E-state index in [-0.39, 0.29) is 0 Å². The summed E-state index contributed by atoms with van der Waals surface area (Å²) in [6, 6.07) is 0. The topological polar surface area (TPSA) is 21.3 Å². The van der Waals surface area contributed by atoms with Gasteiger partial charge in [-0.3, -0.25) is 0 Å². The average Bonchev–Trinajstić information content (AvgIpc) is 2.38. The normalized spacial score (nSPS) is 17.5. The minimum Gasteiger partial charge on any atom is -0.378 e. The zero-order valence-corrected chi connectivity index (χ0v) is 12.2. The predicted molar refractivity (Wildman–Crippen MR) is 77.9 cm³/mol. The van der Waals surface area contributed by atoms with Crippen LogP contribution in [-0.4, -0.2) is 37.8 Å². The molecule has 0 saturated heterocycles. The van der Waals surface area contributed by atoms with Crippen LogP contribution in [0.5, 0.6) is 0 Å². The lowest BCUT2D eigenvalue weighted by atomic mass is 9.98. The van der Waals surface area contributed by atoms with Crippen LogP contribution in [0, 0.1) is 0 Å². The Morgan fingerprint density at radius 2 is 1.82 bits per heavy atom. The smallest absolute Gasteiger partial charge is 0.0575 e. The van der Waals surface area contributed by atoms with E-state index in [2.05, 4.69) is 11.6 Å². The van der Waals surface area contributed by atoms with Crippen molar-refractivity contribution >= 4 is 11.8 Å². The molecule has 1 aliphatic carbocycles. The Hall–Kier alpha value is 0.270. The van der Waals surface area contributed by atoms with E-state index in [0.29, 0.717) is 6.10 Å². The molecule has 17 heavy (non-hydrogen) atoms. The second-order valence-electron chi connectivity index (χ2n) is 4.93. The molecule has 0 unspecified atom stereocenters. The second kappa shape index (κ2) is 11.4. The van der Waals surface area contributed by atoms with Crippen molar-refractivity contribution in [3.8, 4) is 0 Å². The van der Waals surface area contributed by atoms with Crippen molar-refractivity contribution in [1.29, 1.82) is 0 Å². The predicted octanol–water partition coefficient (Wildman–Crippen LogP) is 3.46. The van der Waals surface area contributed by atoms with Gasteiger partial charge in [0.2, 0.25) is 0 Å². The maximum atomic E-state index is 5.88. The molecule has 0 aliphatic heterocycles. The van der Waals surface area contributed by atoms with E-state index in [1.807, 2.05) is 11.8 Å². The minimum absolute atomic E-state index is 0.574. The fourth-order valence-corrected chi connectivity index (χ4v) is 2.79. The Morgan fingerprint density at radius 3 is 2.59 bits per heavy atom. The Kier molecular flexibility index (Phi) is 10.2. The van der Waals surface area contributed by atoms with Crippen LogP contribution in [0.15, 0.2) is 0 Å². The summed E-state index contributed by atoms with van der Waals surface area (Å²) in [5.41, 5.74) is 0. The van der Waals surface area contributed by atoms with Gasteiger partial charge in [0.15, 0.2) is 0 Å². The summed E-state index contributed by atoms with van der Waals surface area (Å²) in [4.78, 5) is 0. The highest BCUT2D eigenvalue weighted by Crippen LogP contribution is 2.20. The molecule has 3 heteroatoms. The molecule has 1 fully saturated rings. The largest absolute Gasteiger partial charge is 0.378 e. The van der Waals surface area contributed by atoms with Gasteiger partial charge in [-0.2, -0.15) is 11.8 Å². The molecule has 2 nitrogen and oxygen atoms in total. The highest BCUT2D eigenvalue weighted by Gasteiger charge is 2.12. The third kappa shape index (κ3) is 8.92. The Morgan fingerprint density at radius 1 is 1.06 bits per heavy atom. The summed E-state index contributed by atoms with van der Waals surface area (Å²) in [5, 5.41) is 3.49. The zero-order chi connectivity index (χ0) is 12.2. The average molecular weight is 259 g/mol. The number of nitrogens with one attached hydrogen (secondary N) is 1. The van der Waals surface area contributed by atoms with Crippen LogP contribution in [0.3, 0.4) is 0 Å². The van der Waals surface area contributed by atoms with E-state index in [1.165, 1.54) is 63.7 Å². The molecular formula is C14H29NOS. The molecule has 0 aromatic carbocycles. The van der Waals surface area contributed by atoms with Gasteiger partial charge in [-0.25, -0.2) is 0 Å². The van der Waals surface area contributed by atoms with Crippen LogP contribution in [0.2, 0.25) is 0 Å². The number of hydrogen-bond acceptors (Lipinski definition) is 3. The third-order valence-corrected chi connectivity index (χ3v) is 4.05. The lowest BCUT2D eigenvalue weighted by Crippen LogP contribution is -2.21. The van der Waals surface area contributed by atoms with Crippen LogP contribution in [0.1, 0.15) is 51.4 Å². The van der Waals surface area contributed by atoms with Crippen LogP contribution < -0.4 is 5.32 Å². The van der Waals surface area contributed by atoms with E-state index in [0.717, 1.165) is 13.2 Å². The fourth-order valence-electron chi connectivity index (χ4n) is 2.30. The first-order chi connectivity index (χ1) is 8.43. The minimum atomic E-state index is 0.574. The molecule has 1 N–H and O–H groups in total. The summed E-state index contributed by atoms with van der Waals surface area (Å²) in [7, 11) is 0. The molecule has 1 rings (SSSR count). The molecule has 0 spiro atoms. The number of thioether (sulfide) groups is 1. The number of hydrogen-bond donors (Lipinski definition) is 1. The maximum Gasteiger partial charge on any atom is 0.0575 e. The highest BCUT2D eigenvalue weighted by molar-refractivity contribution is 7.98. The lowest BCUT2D eigenvalue weighted by molar-refractivity contribution is 0.0273. The molecular weight excluding hydrogens is 230 g/mol. The summed E-state index contributed by atoms with van der Waals surface area (Å²) in [5.74, 6) is 1.30. The summed E-state index contributed by atoms with van der Waals surface area (Å²) >= 11 is 1.94. The maximum absolute atomic E-state index is 5.88. The first-order valence-corrected chi connectivity index (χ1v) is 8.64. The van der Waals surface area contributed by atoms with E-state index < -0.39 is 0 Å². The summed E-state index contributed by atoms with van der Waals surface area (Å²) in [6.07, 6.45) is 13.3. The third-order valence-electron chi connectivity index (χ3n) is 3.36. The Bertz CT molecular complexity index is 160. The second-order valence-corrected chi connectivity index (χ2v) is 5.92. The van der Waals surface area contributed by atoms with Gasteiger partial charge in [-0.15, -0.1) is 0 Å². The molecule has 0 aromatic heterocycles. The van der Waals surface area contributed by atoms with E-state index >= 15 is 0 Å². The molecule has 0 atom stereocenters. The Balaban J connectivity index is 1.75. The zero-order valence-electron chi connectivity index (χ0n) is 11.4. The van der Waals surface area contributed by atoms with Crippen LogP contribution in [0.25, 0.3) is 0 Å². The first kappa shape index (κ1) is 15.3. The van der Waals surface area contributed by atoms with E-state index in [9.17, 15) is 0 Å². The van der Waals surface area contributed by atoms with Gasteiger partial charge in [0.1, 0.15) is 0 Å². The first-order valence-electron chi connectivity index (χ1n) is 7.24. The van der Waals surface area contributed by atoms with Crippen molar-refractivity contribution < 1.29 is 4.74 Å². The fraction of sp³-hybridized carbons (Fsp3) is 1.00. The van der Waals surface area contributed by atoms with Crippen molar-refractivity contribution in [3.05, 3.63) is 0 Å². The summed E-state index contributed by atoms with van der Waals surface area (Å²) < 4.78 is 5.88. The molecule has 0 radical (unpaired) electrons. The van der Waals surface area contributed by atoms with Gasteiger partial charge in [0.25, 0.3) is 0 Å². The van der Waals surface area contributed by atoms with Crippen molar-refractivity contribution in [2.45, 2.75) is 57.5 Å². The van der Waals surface area contributed by atoms with Crippen molar-refractivity contribution in [2.24, 2.45) is 0 Å². The van der Waals surface area contributed by atoms with Crippen LogP contribution in [0.4, 0.5) is 0 Å². The van der Waals surface area contributed by atoms with Crippen LogP contribution in [-0.2, 0) is 4.74 Å². The van der Waals surface area contributed by atoms with E-state index in [1.54, 1.807) is 0 Å². The molecule has 0 heterocycles. The summed E-state index contributed by atoms with van der Waals surface area (Å²) in [6.45, 7) is 3.23. The quantitative estimate of drug-likeness (QED) is 0.607. The Labute approximate surface area is 111 Å². The molecule has 1 aliphatic rings. The monoisotopic (exact) mass is 259 g/mol. The highest BCUT2D eigenvalue weighted by atomic mass is 32.2. The van der Waals surface area contributed by atoms with Gasteiger partial charge in [0, 0.05) is 6.61 Å².